The SMILES string of the molecule is CCc1c(C(=O)O)sc2nc(-c3ccccc3)c(C)n12. The van der Waals surface area contributed by atoms with E-state index in [2.05, 4.69) is 4.98 Å². The van der Waals surface area contributed by atoms with Gasteiger partial charge in [-0.25, -0.2) is 9.78 Å². The Morgan fingerprint density at radius 1 is 1.35 bits per heavy atom. The zero-order valence-electron chi connectivity index (χ0n) is 11.3. The molecule has 0 aliphatic heterocycles. The van der Waals surface area contributed by atoms with Crippen molar-refractivity contribution in [3.8, 4) is 11.3 Å². The molecular weight excluding hydrogens is 272 g/mol. The van der Waals surface area contributed by atoms with Gasteiger partial charge in [-0.1, -0.05) is 48.6 Å². The second-order valence-corrected chi connectivity index (χ2v) is 5.54. The minimum absolute atomic E-state index is 0.387. The van der Waals surface area contributed by atoms with Crippen LogP contribution >= 0.6 is 11.3 Å². The van der Waals surface area contributed by atoms with Crippen molar-refractivity contribution in [1.82, 2.24) is 9.38 Å². The molecule has 1 N–H and O–H groups in total. The van der Waals surface area contributed by atoms with E-state index in [0.29, 0.717) is 11.3 Å². The van der Waals surface area contributed by atoms with Gasteiger partial charge in [-0.2, -0.15) is 0 Å². The lowest BCUT2D eigenvalue weighted by atomic mass is 10.1. The quantitative estimate of drug-likeness (QED) is 0.800. The molecule has 3 aromatic rings. The van der Waals surface area contributed by atoms with Crippen molar-refractivity contribution >= 4 is 22.3 Å². The molecule has 0 aliphatic carbocycles. The molecule has 0 bridgehead atoms. The summed E-state index contributed by atoms with van der Waals surface area (Å²) in [6.45, 7) is 3.95. The lowest BCUT2D eigenvalue weighted by molar-refractivity contribution is 0.0700. The zero-order valence-corrected chi connectivity index (χ0v) is 12.1. The minimum Gasteiger partial charge on any atom is -0.477 e. The Kier molecular flexibility index (Phi) is 3.06. The summed E-state index contributed by atoms with van der Waals surface area (Å²) in [5.74, 6) is -0.877. The maximum Gasteiger partial charge on any atom is 0.347 e. The van der Waals surface area contributed by atoms with E-state index in [9.17, 15) is 9.90 Å². The topological polar surface area (TPSA) is 54.6 Å². The number of hydrogen-bond acceptors (Lipinski definition) is 3. The van der Waals surface area contributed by atoms with Crippen molar-refractivity contribution in [2.24, 2.45) is 0 Å². The van der Waals surface area contributed by atoms with E-state index in [1.54, 1.807) is 0 Å². The predicted molar refractivity (Wildman–Crippen MR) is 79.6 cm³/mol. The molecule has 5 heteroatoms. The van der Waals surface area contributed by atoms with Gasteiger partial charge in [0.2, 0.25) is 0 Å². The first-order valence-electron chi connectivity index (χ1n) is 6.43. The van der Waals surface area contributed by atoms with Crippen LogP contribution in [0.5, 0.6) is 0 Å². The molecule has 0 radical (unpaired) electrons. The number of imidazole rings is 1. The maximum atomic E-state index is 11.3. The first-order chi connectivity index (χ1) is 9.63. The van der Waals surface area contributed by atoms with E-state index in [1.165, 1.54) is 11.3 Å². The third-order valence-corrected chi connectivity index (χ3v) is 4.45. The highest BCUT2D eigenvalue weighted by Crippen LogP contribution is 2.31. The number of carboxylic acid groups (broad SMARTS) is 1. The molecule has 0 atom stereocenters. The molecule has 0 saturated carbocycles. The van der Waals surface area contributed by atoms with Crippen LogP contribution < -0.4 is 0 Å². The Labute approximate surface area is 120 Å². The van der Waals surface area contributed by atoms with Gasteiger partial charge < -0.3 is 5.11 Å². The molecule has 0 aliphatic rings. The molecule has 102 valence electrons. The third kappa shape index (κ3) is 1.82. The monoisotopic (exact) mass is 286 g/mol. The Morgan fingerprint density at radius 2 is 2.05 bits per heavy atom. The number of aryl methyl sites for hydroxylation is 2. The lowest BCUT2D eigenvalue weighted by Crippen LogP contribution is -2.01. The summed E-state index contributed by atoms with van der Waals surface area (Å²) < 4.78 is 1.97. The van der Waals surface area contributed by atoms with Crippen molar-refractivity contribution in [2.75, 3.05) is 0 Å². The normalized spacial score (nSPS) is 11.1. The number of hydrogen-bond donors (Lipinski definition) is 1. The molecule has 0 unspecified atom stereocenters. The summed E-state index contributed by atoms with van der Waals surface area (Å²) in [7, 11) is 0. The second kappa shape index (κ2) is 4.76. The molecule has 0 saturated heterocycles. The van der Waals surface area contributed by atoms with E-state index in [4.69, 9.17) is 0 Å². The molecule has 2 aromatic heterocycles. The number of carboxylic acids is 1. The van der Waals surface area contributed by atoms with Gasteiger partial charge in [0, 0.05) is 17.0 Å². The number of aromatic nitrogens is 2. The second-order valence-electron chi connectivity index (χ2n) is 4.57. The van der Waals surface area contributed by atoms with Gasteiger partial charge in [-0.05, 0) is 13.3 Å². The van der Waals surface area contributed by atoms with E-state index >= 15 is 0 Å². The fourth-order valence-corrected chi connectivity index (χ4v) is 3.57. The van der Waals surface area contributed by atoms with Gasteiger partial charge in [0.25, 0.3) is 0 Å². The Hall–Kier alpha value is -2.14. The van der Waals surface area contributed by atoms with Crippen LogP contribution in [0.25, 0.3) is 16.2 Å². The molecule has 0 spiro atoms. The van der Waals surface area contributed by atoms with E-state index < -0.39 is 5.97 Å². The van der Waals surface area contributed by atoms with E-state index in [0.717, 1.165) is 27.6 Å². The van der Waals surface area contributed by atoms with E-state index in [-0.39, 0.29) is 0 Å². The van der Waals surface area contributed by atoms with Crippen LogP contribution in [0.3, 0.4) is 0 Å². The van der Waals surface area contributed by atoms with Crippen molar-refractivity contribution < 1.29 is 9.90 Å². The third-order valence-electron chi connectivity index (χ3n) is 3.38. The number of rotatable bonds is 3. The van der Waals surface area contributed by atoms with Gasteiger partial charge in [0.1, 0.15) is 4.88 Å². The zero-order chi connectivity index (χ0) is 14.3. The van der Waals surface area contributed by atoms with Crippen LogP contribution in [0.4, 0.5) is 0 Å². The van der Waals surface area contributed by atoms with Gasteiger partial charge in [-0.3, -0.25) is 4.40 Å². The molecule has 2 heterocycles. The van der Waals surface area contributed by atoms with Crippen LogP contribution in [0.2, 0.25) is 0 Å². The molecule has 0 amide bonds. The summed E-state index contributed by atoms with van der Waals surface area (Å²) in [4.78, 5) is 17.0. The molecule has 4 nitrogen and oxygen atoms in total. The number of benzene rings is 1. The highest BCUT2D eigenvalue weighted by Gasteiger charge is 2.21. The Bertz CT molecular complexity index is 787. The minimum atomic E-state index is -0.877. The highest BCUT2D eigenvalue weighted by molar-refractivity contribution is 7.19. The molecule has 3 rings (SSSR count). The van der Waals surface area contributed by atoms with Crippen LogP contribution in [0.15, 0.2) is 30.3 Å². The fraction of sp³-hybridized carbons (Fsp3) is 0.200. The van der Waals surface area contributed by atoms with Gasteiger partial charge >= 0.3 is 5.97 Å². The number of nitrogens with zero attached hydrogens (tertiary/aromatic N) is 2. The number of thiazole rings is 1. The van der Waals surface area contributed by atoms with Crippen LogP contribution in [-0.2, 0) is 6.42 Å². The van der Waals surface area contributed by atoms with Gasteiger partial charge in [0.15, 0.2) is 4.96 Å². The number of carbonyl (C=O) groups is 1. The average Bonchev–Trinajstić information content (AvgIpc) is 2.97. The highest BCUT2D eigenvalue weighted by atomic mass is 32.1. The Balaban J connectivity index is 2.27. The molecule has 1 aromatic carbocycles. The lowest BCUT2D eigenvalue weighted by Gasteiger charge is -2.02. The van der Waals surface area contributed by atoms with Crippen LogP contribution in [-0.4, -0.2) is 20.5 Å². The smallest absolute Gasteiger partial charge is 0.347 e. The predicted octanol–water partition coefficient (Wildman–Crippen LogP) is 3.63. The Morgan fingerprint density at radius 3 is 2.65 bits per heavy atom. The van der Waals surface area contributed by atoms with E-state index in [1.807, 2.05) is 48.6 Å². The average molecular weight is 286 g/mol. The summed E-state index contributed by atoms with van der Waals surface area (Å²) in [5, 5.41) is 9.26. The fourth-order valence-electron chi connectivity index (χ4n) is 2.47. The van der Waals surface area contributed by atoms with Crippen molar-refractivity contribution in [3.63, 3.8) is 0 Å². The molecular formula is C15H14N2O2S. The summed E-state index contributed by atoms with van der Waals surface area (Å²) in [5.41, 5.74) is 3.79. The standard InChI is InChI=1S/C15H14N2O2S/c1-3-11-13(14(18)19)20-15-16-12(9(2)17(11)15)10-7-5-4-6-8-10/h4-8H,3H2,1-2H3,(H,18,19). The van der Waals surface area contributed by atoms with Crippen molar-refractivity contribution in [2.45, 2.75) is 20.3 Å². The molecule has 20 heavy (non-hydrogen) atoms. The molecule has 0 fully saturated rings. The van der Waals surface area contributed by atoms with Crippen molar-refractivity contribution in [1.29, 1.82) is 0 Å². The summed E-state index contributed by atoms with van der Waals surface area (Å²) in [6.07, 6.45) is 0.674. The first-order valence-corrected chi connectivity index (χ1v) is 7.24. The van der Waals surface area contributed by atoms with Gasteiger partial charge in [-0.15, -0.1) is 0 Å². The van der Waals surface area contributed by atoms with Crippen LogP contribution in [0.1, 0.15) is 28.0 Å². The van der Waals surface area contributed by atoms with Crippen LogP contribution in [0, 0.1) is 6.92 Å². The van der Waals surface area contributed by atoms with Crippen molar-refractivity contribution in [3.05, 3.63) is 46.6 Å². The largest absolute Gasteiger partial charge is 0.477 e. The number of fused-ring (bicyclic) bond motifs is 1. The number of aromatic carboxylic acids is 1. The first kappa shape index (κ1) is 12.9. The van der Waals surface area contributed by atoms with Gasteiger partial charge in [0.05, 0.1) is 5.69 Å². The summed E-state index contributed by atoms with van der Waals surface area (Å²) in [6, 6.07) is 9.96. The summed E-state index contributed by atoms with van der Waals surface area (Å²) >= 11 is 1.24. The maximum absolute atomic E-state index is 11.3.